The van der Waals surface area contributed by atoms with Crippen LogP contribution in [0.4, 0.5) is 5.69 Å². The van der Waals surface area contributed by atoms with E-state index in [2.05, 4.69) is 16.0 Å². The van der Waals surface area contributed by atoms with Gasteiger partial charge in [-0.3, -0.25) is 4.98 Å². The molecule has 1 heterocycles. The van der Waals surface area contributed by atoms with Crippen molar-refractivity contribution in [2.24, 2.45) is 0 Å². The molecular weight excluding hydrogens is 250 g/mol. The summed E-state index contributed by atoms with van der Waals surface area (Å²) in [6, 6.07) is 10.1. The lowest BCUT2D eigenvalue weighted by Gasteiger charge is -2.22. The Kier molecular flexibility index (Phi) is 4.54. The zero-order valence-electron chi connectivity index (χ0n) is 12.1. The summed E-state index contributed by atoms with van der Waals surface area (Å²) >= 11 is 0. The minimum atomic E-state index is 0.216. The molecule has 0 atom stereocenters. The van der Waals surface area contributed by atoms with Gasteiger partial charge in [-0.25, -0.2) is 0 Å². The maximum absolute atomic E-state index is 9.29. The van der Waals surface area contributed by atoms with E-state index in [9.17, 15) is 5.26 Å². The second-order valence-corrected chi connectivity index (χ2v) is 4.99. The molecule has 0 bridgehead atoms. The van der Waals surface area contributed by atoms with E-state index in [-0.39, 0.29) is 6.10 Å². The highest BCUT2D eigenvalue weighted by Crippen LogP contribution is 2.28. The number of fused-ring (bicyclic) bond motifs is 1. The maximum Gasteiger partial charge on any atom is 0.103 e. The molecule has 0 saturated carbocycles. The SMILES string of the molecule is CC(C)OCCN(C)c1c(C#N)cnc2ccccc12. The van der Waals surface area contributed by atoms with Gasteiger partial charge in [0.25, 0.3) is 0 Å². The van der Waals surface area contributed by atoms with Crippen molar-refractivity contribution in [2.75, 3.05) is 25.1 Å². The van der Waals surface area contributed by atoms with Gasteiger partial charge in [0.05, 0.1) is 29.5 Å². The van der Waals surface area contributed by atoms with E-state index in [1.807, 2.05) is 45.2 Å². The van der Waals surface area contributed by atoms with E-state index in [1.165, 1.54) is 0 Å². The largest absolute Gasteiger partial charge is 0.377 e. The van der Waals surface area contributed by atoms with E-state index >= 15 is 0 Å². The van der Waals surface area contributed by atoms with E-state index < -0.39 is 0 Å². The number of ether oxygens (including phenoxy) is 1. The van der Waals surface area contributed by atoms with Crippen molar-refractivity contribution in [3.05, 3.63) is 36.0 Å². The van der Waals surface area contributed by atoms with Gasteiger partial charge in [0.2, 0.25) is 0 Å². The van der Waals surface area contributed by atoms with Crippen LogP contribution >= 0.6 is 0 Å². The summed E-state index contributed by atoms with van der Waals surface area (Å²) < 4.78 is 5.58. The van der Waals surface area contributed by atoms with Crippen molar-refractivity contribution >= 4 is 16.6 Å². The first-order chi connectivity index (χ1) is 9.63. The number of para-hydroxylation sites is 1. The molecule has 2 rings (SSSR count). The minimum Gasteiger partial charge on any atom is -0.377 e. The third kappa shape index (κ3) is 3.06. The van der Waals surface area contributed by atoms with Gasteiger partial charge in [-0.15, -0.1) is 0 Å². The topological polar surface area (TPSA) is 49.1 Å². The normalized spacial score (nSPS) is 10.8. The van der Waals surface area contributed by atoms with Gasteiger partial charge in [-0.05, 0) is 19.9 Å². The fourth-order valence-corrected chi connectivity index (χ4v) is 2.16. The molecule has 0 amide bonds. The molecule has 104 valence electrons. The number of hydrogen-bond donors (Lipinski definition) is 0. The van der Waals surface area contributed by atoms with Gasteiger partial charge in [-0.1, -0.05) is 18.2 Å². The quantitative estimate of drug-likeness (QED) is 0.837. The van der Waals surface area contributed by atoms with Crippen molar-refractivity contribution in [1.82, 2.24) is 4.98 Å². The number of nitriles is 1. The average Bonchev–Trinajstić information content (AvgIpc) is 2.45. The summed E-state index contributed by atoms with van der Waals surface area (Å²) in [6.45, 7) is 5.40. The summed E-state index contributed by atoms with van der Waals surface area (Å²) in [5.74, 6) is 0. The summed E-state index contributed by atoms with van der Waals surface area (Å²) in [6.07, 6.45) is 1.85. The molecule has 0 unspecified atom stereocenters. The van der Waals surface area contributed by atoms with Gasteiger partial charge in [0.1, 0.15) is 6.07 Å². The average molecular weight is 269 g/mol. The zero-order valence-corrected chi connectivity index (χ0v) is 12.1. The highest BCUT2D eigenvalue weighted by molar-refractivity contribution is 5.94. The Hall–Kier alpha value is -2.12. The van der Waals surface area contributed by atoms with Crippen LogP contribution in [0.5, 0.6) is 0 Å². The molecule has 0 N–H and O–H groups in total. The van der Waals surface area contributed by atoms with Crippen LogP contribution in [0.15, 0.2) is 30.5 Å². The van der Waals surface area contributed by atoms with Crippen LogP contribution in [0.2, 0.25) is 0 Å². The smallest absolute Gasteiger partial charge is 0.103 e. The van der Waals surface area contributed by atoms with Crippen LogP contribution in [0.1, 0.15) is 19.4 Å². The molecule has 0 radical (unpaired) electrons. The predicted molar refractivity (Wildman–Crippen MR) is 80.8 cm³/mol. The Morgan fingerprint density at radius 2 is 2.10 bits per heavy atom. The van der Waals surface area contributed by atoms with Crippen molar-refractivity contribution in [1.29, 1.82) is 5.26 Å². The number of hydrogen-bond acceptors (Lipinski definition) is 4. The molecular formula is C16H19N3O. The van der Waals surface area contributed by atoms with Crippen LogP contribution in [0.3, 0.4) is 0 Å². The molecule has 2 aromatic rings. The molecule has 0 aliphatic carbocycles. The van der Waals surface area contributed by atoms with Crippen molar-refractivity contribution in [2.45, 2.75) is 20.0 Å². The van der Waals surface area contributed by atoms with Crippen LogP contribution in [-0.2, 0) is 4.74 Å². The number of benzene rings is 1. The lowest BCUT2D eigenvalue weighted by molar-refractivity contribution is 0.0846. The number of pyridine rings is 1. The zero-order chi connectivity index (χ0) is 14.5. The number of aromatic nitrogens is 1. The van der Waals surface area contributed by atoms with Gasteiger partial charge in [0, 0.05) is 25.2 Å². The first kappa shape index (κ1) is 14.3. The summed E-state index contributed by atoms with van der Waals surface area (Å²) in [5.41, 5.74) is 2.42. The van der Waals surface area contributed by atoms with E-state index in [0.717, 1.165) is 23.1 Å². The van der Waals surface area contributed by atoms with Gasteiger partial charge in [0.15, 0.2) is 0 Å². The van der Waals surface area contributed by atoms with Crippen LogP contribution < -0.4 is 4.90 Å². The monoisotopic (exact) mass is 269 g/mol. The Morgan fingerprint density at radius 1 is 1.35 bits per heavy atom. The molecule has 4 heteroatoms. The Bertz CT molecular complexity index is 631. The highest BCUT2D eigenvalue weighted by atomic mass is 16.5. The van der Waals surface area contributed by atoms with Crippen molar-refractivity contribution in [3.63, 3.8) is 0 Å². The molecule has 20 heavy (non-hydrogen) atoms. The molecule has 0 aliphatic rings. The summed E-state index contributed by atoms with van der Waals surface area (Å²) in [7, 11) is 1.98. The van der Waals surface area contributed by atoms with E-state index in [0.29, 0.717) is 12.2 Å². The highest BCUT2D eigenvalue weighted by Gasteiger charge is 2.12. The third-order valence-corrected chi connectivity index (χ3v) is 3.13. The molecule has 1 aromatic carbocycles. The predicted octanol–water partition coefficient (Wildman–Crippen LogP) is 2.97. The fourth-order valence-electron chi connectivity index (χ4n) is 2.16. The van der Waals surface area contributed by atoms with E-state index in [1.54, 1.807) is 6.20 Å². The number of nitrogens with zero attached hydrogens (tertiary/aromatic N) is 3. The number of likely N-dealkylation sites (N-methyl/N-ethyl adjacent to an activating group) is 1. The lowest BCUT2D eigenvalue weighted by atomic mass is 10.1. The van der Waals surface area contributed by atoms with Gasteiger partial charge < -0.3 is 9.64 Å². The molecule has 0 saturated heterocycles. The Morgan fingerprint density at radius 3 is 2.80 bits per heavy atom. The summed E-state index contributed by atoms with van der Waals surface area (Å²) in [5, 5.41) is 10.3. The van der Waals surface area contributed by atoms with Crippen molar-refractivity contribution in [3.8, 4) is 6.07 Å². The number of anilines is 1. The lowest BCUT2D eigenvalue weighted by Crippen LogP contribution is -2.25. The first-order valence-electron chi connectivity index (χ1n) is 6.74. The third-order valence-electron chi connectivity index (χ3n) is 3.13. The Balaban J connectivity index is 2.33. The van der Waals surface area contributed by atoms with Gasteiger partial charge in [-0.2, -0.15) is 5.26 Å². The molecule has 0 spiro atoms. The second-order valence-electron chi connectivity index (χ2n) is 4.99. The molecule has 1 aromatic heterocycles. The maximum atomic E-state index is 9.29. The van der Waals surface area contributed by atoms with Gasteiger partial charge >= 0.3 is 0 Å². The van der Waals surface area contributed by atoms with Crippen LogP contribution in [0, 0.1) is 11.3 Å². The molecule has 0 fully saturated rings. The minimum absolute atomic E-state index is 0.216. The first-order valence-corrected chi connectivity index (χ1v) is 6.74. The van der Waals surface area contributed by atoms with Crippen LogP contribution in [0.25, 0.3) is 10.9 Å². The second kappa shape index (κ2) is 6.36. The molecule has 4 nitrogen and oxygen atoms in total. The van der Waals surface area contributed by atoms with Crippen molar-refractivity contribution < 1.29 is 4.74 Å². The summed E-state index contributed by atoms with van der Waals surface area (Å²) in [4.78, 5) is 6.38. The Labute approximate surface area is 119 Å². The molecule has 0 aliphatic heterocycles. The standard InChI is InChI=1S/C16H19N3O/c1-12(2)20-9-8-19(3)16-13(10-17)11-18-15-7-5-4-6-14(15)16/h4-7,11-12H,8-9H2,1-3H3. The fraction of sp³-hybridized carbons (Fsp3) is 0.375. The van der Waals surface area contributed by atoms with E-state index in [4.69, 9.17) is 4.74 Å². The van der Waals surface area contributed by atoms with Crippen LogP contribution in [-0.4, -0.2) is 31.3 Å². The number of rotatable bonds is 5.